The first kappa shape index (κ1) is 13.7. The Morgan fingerprint density at radius 3 is 2.28 bits per heavy atom. The normalized spacial score (nSPS) is 36.0. The van der Waals surface area contributed by atoms with Gasteiger partial charge in [0.05, 0.1) is 12.2 Å². The van der Waals surface area contributed by atoms with Crippen LogP contribution in [0.3, 0.4) is 0 Å². The second-order valence-electron chi connectivity index (χ2n) is 6.80. The lowest BCUT2D eigenvalue weighted by molar-refractivity contribution is 0.0480. The van der Waals surface area contributed by atoms with Crippen LogP contribution in [0.25, 0.3) is 0 Å². The highest BCUT2D eigenvalue weighted by Crippen LogP contribution is 2.42. The maximum Gasteiger partial charge on any atom is 0.407 e. The molecular formula is C14H25NO3. The summed E-state index contributed by atoms with van der Waals surface area (Å²) in [5.74, 6) is 0.661. The summed E-state index contributed by atoms with van der Waals surface area (Å²) in [5, 5.41) is 2.97. The van der Waals surface area contributed by atoms with Gasteiger partial charge in [0, 0.05) is 6.04 Å². The highest BCUT2D eigenvalue weighted by Gasteiger charge is 2.47. The van der Waals surface area contributed by atoms with Crippen molar-refractivity contribution >= 4 is 6.09 Å². The fourth-order valence-electron chi connectivity index (χ4n) is 2.67. The lowest BCUT2D eigenvalue weighted by Gasteiger charge is -2.31. The van der Waals surface area contributed by atoms with Crippen LogP contribution in [0.5, 0.6) is 0 Å². The van der Waals surface area contributed by atoms with Crippen LogP contribution in [0.1, 0.15) is 53.4 Å². The summed E-state index contributed by atoms with van der Waals surface area (Å²) in [5.41, 5.74) is -0.284. The van der Waals surface area contributed by atoms with Crippen LogP contribution in [0, 0.1) is 5.92 Å². The topological polar surface area (TPSA) is 50.9 Å². The Morgan fingerprint density at radius 1 is 1.28 bits per heavy atom. The number of nitrogens with one attached hydrogen (secondary N) is 1. The van der Waals surface area contributed by atoms with E-state index in [4.69, 9.17) is 9.47 Å². The van der Waals surface area contributed by atoms with Crippen molar-refractivity contribution in [3.05, 3.63) is 0 Å². The molecule has 2 aliphatic rings. The fourth-order valence-corrected chi connectivity index (χ4v) is 2.67. The fraction of sp³-hybridized carbons (Fsp3) is 0.929. The van der Waals surface area contributed by atoms with Crippen molar-refractivity contribution in [3.8, 4) is 0 Å². The van der Waals surface area contributed by atoms with Crippen LogP contribution < -0.4 is 5.32 Å². The first-order valence-corrected chi connectivity index (χ1v) is 6.92. The van der Waals surface area contributed by atoms with Crippen molar-refractivity contribution in [2.75, 3.05) is 6.61 Å². The van der Waals surface area contributed by atoms with Crippen LogP contribution in [0.2, 0.25) is 0 Å². The highest BCUT2D eigenvalue weighted by atomic mass is 16.6. The quantitative estimate of drug-likeness (QED) is 0.772. The molecule has 2 fully saturated rings. The monoisotopic (exact) mass is 255 g/mol. The third-order valence-electron chi connectivity index (χ3n) is 3.91. The molecule has 2 rings (SSSR count). The van der Waals surface area contributed by atoms with Crippen LogP contribution in [-0.4, -0.2) is 29.9 Å². The van der Waals surface area contributed by atoms with Gasteiger partial charge in [0.1, 0.15) is 5.60 Å². The molecular weight excluding hydrogens is 230 g/mol. The zero-order valence-corrected chi connectivity index (χ0v) is 11.9. The number of carbonyl (C=O) groups excluding carboxylic acids is 1. The van der Waals surface area contributed by atoms with E-state index in [1.165, 1.54) is 0 Å². The van der Waals surface area contributed by atoms with Crippen LogP contribution in [0.15, 0.2) is 0 Å². The standard InChI is InChI=1S/C14H25NO3/c1-13(2,3)18-12(16)15-11-7-5-10(6-8-11)14(4)9-17-14/h10-11H,5-9H2,1-4H3,(H,15,16). The highest BCUT2D eigenvalue weighted by molar-refractivity contribution is 5.68. The molecule has 0 radical (unpaired) electrons. The van der Waals surface area contributed by atoms with E-state index in [-0.39, 0.29) is 17.7 Å². The van der Waals surface area contributed by atoms with E-state index in [0.29, 0.717) is 5.92 Å². The third kappa shape index (κ3) is 3.61. The second-order valence-corrected chi connectivity index (χ2v) is 6.80. The van der Waals surface area contributed by atoms with Crippen LogP contribution in [0.4, 0.5) is 4.79 Å². The van der Waals surface area contributed by atoms with E-state index in [0.717, 1.165) is 32.3 Å². The van der Waals surface area contributed by atoms with Gasteiger partial charge in [-0.05, 0) is 59.3 Å². The molecule has 1 aliphatic carbocycles. The van der Waals surface area contributed by atoms with Gasteiger partial charge >= 0.3 is 6.09 Å². The molecule has 1 amide bonds. The number of hydrogen-bond acceptors (Lipinski definition) is 3. The van der Waals surface area contributed by atoms with Crippen LogP contribution >= 0.6 is 0 Å². The van der Waals surface area contributed by atoms with Gasteiger partial charge in [0.15, 0.2) is 0 Å². The zero-order valence-electron chi connectivity index (χ0n) is 11.9. The molecule has 4 nitrogen and oxygen atoms in total. The molecule has 1 saturated heterocycles. The Balaban J connectivity index is 1.72. The number of ether oxygens (including phenoxy) is 2. The smallest absolute Gasteiger partial charge is 0.407 e. The molecule has 1 unspecified atom stereocenters. The molecule has 0 bridgehead atoms. The maximum atomic E-state index is 11.7. The summed E-state index contributed by atoms with van der Waals surface area (Å²) in [6, 6.07) is 0.262. The molecule has 18 heavy (non-hydrogen) atoms. The molecule has 1 heterocycles. The molecule has 0 aromatic rings. The van der Waals surface area contributed by atoms with Crippen molar-refractivity contribution in [3.63, 3.8) is 0 Å². The number of hydrogen-bond donors (Lipinski definition) is 1. The minimum absolute atomic E-state index is 0.136. The molecule has 1 saturated carbocycles. The van der Waals surface area contributed by atoms with Crippen molar-refractivity contribution in [1.82, 2.24) is 5.32 Å². The van der Waals surface area contributed by atoms with E-state index in [2.05, 4.69) is 12.2 Å². The number of rotatable bonds is 2. The van der Waals surface area contributed by atoms with Gasteiger partial charge in [-0.3, -0.25) is 0 Å². The summed E-state index contributed by atoms with van der Waals surface area (Å²) < 4.78 is 10.8. The molecule has 0 aromatic heterocycles. The van der Waals surface area contributed by atoms with Gasteiger partial charge in [-0.2, -0.15) is 0 Å². The lowest BCUT2D eigenvalue weighted by Crippen LogP contribution is -2.42. The molecule has 1 N–H and O–H groups in total. The Morgan fingerprint density at radius 2 is 1.83 bits per heavy atom. The van der Waals surface area contributed by atoms with Gasteiger partial charge in [-0.25, -0.2) is 4.79 Å². The molecule has 104 valence electrons. The molecule has 1 aliphatic heterocycles. The first-order valence-electron chi connectivity index (χ1n) is 6.92. The minimum Gasteiger partial charge on any atom is -0.444 e. The van der Waals surface area contributed by atoms with Gasteiger partial charge in [-0.15, -0.1) is 0 Å². The van der Waals surface area contributed by atoms with Gasteiger partial charge < -0.3 is 14.8 Å². The Hall–Kier alpha value is -0.770. The van der Waals surface area contributed by atoms with E-state index in [1.54, 1.807) is 0 Å². The number of carbonyl (C=O) groups is 1. The predicted molar refractivity (Wildman–Crippen MR) is 69.5 cm³/mol. The zero-order chi connectivity index (χ0) is 13.4. The van der Waals surface area contributed by atoms with Crippen LogP contribution in [-0.2, 0) is 9.47 Å². The van der Waals surface area contributed by atoms with Gasteiger partial charge in [-0.1, -0.05) is 0 Å². The largest absolute Gasteiger partial charge is 0.444 e. The minimum atomic E-state index is -0.420. The van der Waals surface area contributed by atoms with Crippen molar-refractivity contribution in [1.29, 1.82) is 0 Å². The molecule has 0 spiro atoms. The lowest BCUT2D eigenvalue weighted by atomic mass is 9.79. The van der Waals surface area contributed by atoms with E-state index in [1.807, 2.05) is 20.8 Å². The van der Waals surface area contributed by atoms with E-state index in [9.17, 15) is 4.79 Å². The summed E-state index contributed by atoms with van der Waals surface area (Å²) in [6.45, 7) is 8.75. The SMILES string of the molecule is CC(C)(C)OC(=O)NC1CCC(C2(C)CO2)CC1. The summed E-state index contributed by atoms with van der Waals surface area (Å²) in [7, 11) is 0. The Kier molecular flexibility index (Phi) is 3.58. The first-order chi connectivity index (χ1) is 8.28. The van der Waals surface area contributed by atoms with E-state index < -0.39 is 5.60 Å². The summed E-state index contributed by atoms with van der Waals surface area (Å²) in [6.07, 6.45) is 4.04. The van der Waals surface area contributed by atoms with Gasteiger partial charge in [0.25, 0.3) is 0 Å². The van der Waals surface area contributed by atoms with E-state index >= 15 is 0 Å². The predicted octanol–water partition coefficient (Wildman–Crippen LogP) is 2.86. The number of amides is 1. The summed E-state index contributed by atoms with van der Waals surface area (Å²) in [4.78, 5) is 11.7. The average molecular weight is 255 g/mol. The molecule has 4 heteroatoms. The number of alkyl carbamates (subject to hydrolysis) is 1. The number of epoxide rings is 1. The Labute approximate surface area is 109 Å². The van der Waals surface area contributed by atoms with Crippen molar-refractivity contribution < 1.29 is 14.3 Å². The Bertz CT molecular complexity index is 309. The van der Waals surface area contributed by atoms with Crippen molar-refractivity contribution in [2.24, 2.45) is 5.92 Å². The van der Waals surface area contributed by atoms with Crippen molar-refractivity contribution in [2.45, 2.75) is 70.6 Å². The molecule has 0 aromatic carbocycles. The maximum absolute atomic E-state index is 11.7. The second kappa shape index (κ2) is 4.72. The summed E-state index contributed by atoms with van der Waals surface area (Å²) >= 11 is 0. The van der Waals surface area contributed by atoms with Gasteiger partial charge in [0.2, 0.25) is 0 Å². The average Bonchev–Trinajstić information content (AvgIpc) is 2.95. The molecule has 1 atom stereocenters. The third-order valence-corrected chi connectivity index (χ3v) is 3.91.